The van der Waals surface area contributed by atoms with Crippen molar-refractivity contribution in [2.45, 2.75) is 23.8 Å². The lowest BCUT2D eigenvalue weighted by Crippen LogP contribution is -2.62. The van der Waals surface area contributed by atoms with Gasteiger partial charge in [-0.05, 0) is 55.1 Å². The summed E-state index contributed by atoms with van der Waals surface area (Å²) in [5.41, 5.74) is -0.615. The number of carbonyl (C=O) groups excluding carboxylic acids is 1. The van der Waals surface area contributed by atoms with Gasteiger partial charge in [0.05, 0.1) is 6.20 Å². The van der Waals surface area contributed by atoms with Crippen molar-refractivity contribution in [3.8, 4) is 0 Å². The summed E-state index contributed by atoms with van der Waals surface area (Å²) < 4.78 is 35.4. The van der Waals surface area contributed by atoms with Crippen LogP contribution in [-0.4, -0.2) is 40.2 Å². The molecule has 152 valence electrons. The van der Waals surface area contributed by atoms with E-state index in [0.29, 0.717) is 30.7 Å². The molecule has 0 aliphatic carbocycles. The lowest BCUT2D eigenvalue weighted by Gasteiger charge is -2.50. The average Bonchev–Trinajstić information content (AvgIpc) is 2.70. The number of hydrogen-bond acceptors (Lipinski definition) is 5. The summed E-state index contributed by atoms with van der Waals surface area (Å²) >= 11 is 1.32. The Balaban J connectivity index is 1.66. The van der Waals surface area contributed by atoms with E-state index < -0.39 is 28.5 Å². The highest BCUT2D eigenvalue weighted by atomic mass is 32.2. The maximum absolute atomic E-state index is 14.9. The van der Waals surface area contributed by atoms with Crippen molar-refractivity contribution in [2.24, 2.45) is 0 Å². The second-order valence-corrected chi connectivity index (χ2v) is 8.05. The fourth-order valence-corrected chi connectivity index (χ4v) is 4.59. The van der Waals surface area contributed by atoms with E-state index in [-0.39, 0.29) is 11.7 Å². The molecular formula is C19H19F2N5O2S. The van der Waals surface area contributed by atoms with Crippen LogP contribution in [0.25, 0.3) is 0 Å². The SMILES string of the molecule is CN1SC2OCCCC2(c2cc(NC(=O)c3ccc(F)cn3)ccc2F)NC1=N. The quantitative estimate of drug-likeness (QED) is 0.663. The molecule has 0 bridgehead atoms. The van der Waals surface area contributed by atoms with Gasteiger partial charge in [0.15, 0.2) is 0 Å². The van der Waals surface area contributed by atoms with E-state index in [0.717, 1.165) is 12.3 Å². The first-order valence-electron chi connectivity index (χ1n) is 9.01. The van der Waals surface area contributed by atoms with E-state index in [4.69, 9.17) is 10.1 Å². The number of amides is 1. The Morgan fingerprint density at radius 1 is 1.41 bits per heavy atom. The summed E-state index contributed by atoms with van der Waals surface area (Å²) in [5.74, 6) is -1.37. The normalized spacial score (nSPS) is 23.9. The predicted octanol–water partition coefficient (Wildman–Crippen LogP) is 3.06. The highest BCUT2D eigenvalue weighted by Crippen LogP contribution is 2.45. The molecule has 1 amide bonds. The lowest BCUT2D eigenvalue weighted by molar-refractivity contribution is -0.00440. The van der Waals surface area contributed by atoms with Gasteiger partial charge in [-0.1, -0.05) is 0 Å². The second-order valence-electron chi connectivity index (χ2n) is 6.86. The molecule has 3 heterocycles. The third-order valence-corrected chi connectivity index (χ3v) is 6.19. The van der Waals surface area contributed by atoms with Crippen LogP contribution in [0.5, 0.6) is 0 Å². The number of guanidine groups is 1. The van der Waals surface area contributed by atoms with E-state index in [1.54, 1.807) is 17.4 Å². The molecule has 0 radical (unpaired) electrons. The number of fused-ring (bicyclic) bond motifs is 1. The van der Waals surface area contributed by atoms with Crippen molar-refractivity contribution in [1.82, 2.24) is 14.6 Å². The van der Waals surface area contributed by atoms with Gasteiger partial charge >= 0.3 is 0 Å². The van der Waals surface area contributed by atoms with Crippen molar-refractivity contribution in [2.75, 3.05) is 19.0 Å². The number of hydrogen-bond donors (Lipinski definition) is 3. The number of anilines is 1. The largest absolute Gasteiger partial charge is 0.363 e. The summed E-state index contributed by atoms with van der Waals surface area (Å²) in [6.45, 7) is 0.552. The van der Waals surface area contributed by atoms with Gasteiger partial charge in [0.25, 0.3) is 5.91 Å². The molecule has 29 heavy (non-hydrogen) atoms. The van der Waals surface area contributed by atoms with Gasteiger partial charge in [0.2, 0.25) is 5.96 Å². The number of rotatable bonds is 3. The number of nitrogens with zero attached hydrogens (tertiary/aromatic N) is 2. The molecule has 10 heteroatoms. The van der Waals surface area contributed by atoms with Crippen LogP contribution in [0.2, 0.25) is 0 Å². The van der Waals surface area contributed by atoms with Gasteiger partial charge in [-0.3, -0.25) is 14.5 Å². The van der Waals surface area contributed by atoms with E-state index >= 15 is 0 Å². The van der Waals surface area contributed by atoms with Crippen LogP contribution in [0.15, 0.2) is 36.5 Å². The maximum Gasteiger partial charge on any atom is 0.274 e. The highest BCUT2D eigenvalue weighted by molar-refractivity contribution is 7.98. The smallest absolute Gasteiger partial charge is 0.274 e. The molecule has 2 fully saturated rings. The summed E-state index contributed by atoms with van der Waals surface area (Å²) in [6, 6.07) is 6.69. The number of halogens is 2. The molecule has 0 saturated carbocycles. The molecule has 1 aromatic heterocycles. The number of carbonyl (C=O) groups is 1. The van der Waals surface area contributed by atoms with Crippen molar-refractivity contribution in [3.63, 3.8) is 0 Å². The van der Waals surface area contributed by atoms with Crippen LogP contribution in [-0.2, 0) is 10.3 Å². The standard InChI is InChI=1S/C19H19F2N5O2S/c1-26-18(22)25-19(7-2-8-28-17(19)29-26)13-9-12(4-5-14(13)21)24-16(27)15-6-3-11(20)10-23-15/h3-6,9-10,17H,2,7-8H2,1H3,(H2,22,25)(H,24,27). The van der Waals surface area contributed by atoms with Crippen molar-refractivity contribution >= 4 is 29.5 Å². The molecule has 2 unspecified atom stereocenters. The average molecular weight is 419 g/mol. The highest BCUT2D eigenvalue weighted by Gasteiger charge is 2.50. The molecule has 2 aromatic rings. The maximum atomic E-state index is 14.9. The van der Waals surface area contributed by atoms with E-state index in [2.05, 4.69) is 15.6 Å². The number of ether oxygens (including phenoxy) is 1. The van der Waals surface area contributed by atoms with Crippen molar-refractivity contribution in [3.05, 3.63) is 59.4 Å². The van der Waals surface area contributed by atoms with Crippen LogP contribution in [0.3, 0.4) is 0 Å². The lowest BCUT2D eigenvalue weighted by atomic mass is 9.83. The Hall–Kier alpha value is -2.72. The molecule has 2 saturated heterocycles. The molecule has 1 aromatic carbocycles. The van der Waals surface area contributed by atoms with Gasteiger partial charge < -0.3 is 15.4 Å². The third-order valence-electron chi connectivity index (χ3n) is 4.96. The second kappa shape index (κ2) is 7.60. The molecule has 2 atom stereocenters. The van der Waals surface area contributed by atoms with Crippen molar-refractivity contribution < 1.29 is 18.3 Å². The third kappa shape index (κ3) is 3.65. The topological polar surface area (TPSA) is 90.3 Å². The molecule has 2 aliphatic rings. The van der Waals surface area contributed by atoms with E-state index in [9.17, 15) is 13.6 Å². The van der Waals surface area contributed by atoms with Crippen LogP contribution in [0.4, 0.5) is 14.5 Å². The summed E-state index contributed by atoms with van der Waals surface area (Å²) in [6.07, 6.45) is 2.24. The van der Waals surface area contributed by atoms with Crippen LogP contribution >= 0.6 is 11.9 Å². The molecule has 3 N–H and O–H groups in total. The Kier molecular flexibility index (Phi) is 5.13. The van der Waals surface area contributed by atoms with Gasteiger partial charge in [0, 0.05) is 24.9 Å². The number of benzene rings is 1. The van der Waals surface area contributed by atoms with Gasteiger partial charge in [-0.2, -0.15) is 0 Å². The predicted molar refractivity (Wildman–Crippen MR) is 105 cm³/mol. The molecule has 2 aliphatic heterocycles. The fourth-order valence-electron chi connectivity index (χ4n) is 3.51. The van der Waals surface area contributed by atoms with Gasteiger partial charge in [0.1, 0.15) is 28.3 Å². The minimum Gasteiger partial charge on any atom is -0.363 e. The number of nitrogens with one attached hydrogen (secondary N) is 3. The summed E-state index contributed by atoms with van der Waals surface area (Å²) in [5, 5.41) is 13.9. The number of pyridine rings is 1. The Bertz CT molecular complexity index is 958. The zero-order valence-corrected chi connectivity index (χ0v) is 16.4. The van der Waals surface area contributed by atoms with Gasteiger partial charge in [-0.15, -0.1) is 0 Å². The monoisotopic (exact) mass is 419 g/mol. The first kappa shape index (κ1) is 19.6. The first-order chi connectivity index (χ1) is 13.9. The minimum atomic E-state index is -0.925. The molecule has 0 spiro atoms. The number of aromatic nitrogens is 1. The zero-order chi connectivity index (χ0) is 20.6. The molecular weight excluding hydrogens is 400 g/mol. The molecule has 4 rings (SSSR count). The summed E-state index contributed by atoms with van der Waals surface area (Å²) in [4.78, 5) is 16.2. The Labute approximate surface area is 170 Å². The van der Waals surface area contributed by atoms with Crippen LogP contribution < -0.4 is 10.6 Å². The Morgan fingerprint density at radius 3 is 3.00 bits per heavy atom. The van der Waals surface area contributed by atoms with E-state index in [1.807, 2.05) is 0 Å². The van der Waals surface area contributed by atoms with Crippen LogP contribution in [0.1, 0.15) is 28.9 Å². The first-order valence-corrected chi connectivity index (χ1v) is 9.84. The van der Waals surface area contributed by atoms with Crippen molar-refractivity contribution in [1.29, 1.82) is 5.41 Å². The van der Waals surface area contributed by atoms with Gasteiger partial charge in [-0.25, -0.2) is 13.8 Å². The van der Waals surface area contributed by atoms with E-state index in [1.165, 1.54) is 30.1 Å². The zero-order valence-electron chi connectivity index (χ0n) is 15.5. The minimum absolute atomic E-state index is 0.0454. The van der Waals surface area contributed by atoms with Crippen LogP contribution in [0, 0.1) is 17.0 Å². The molecule has 7 nitrogen and oxygen atoms in total. The summed E-state index contributed by atoms with van der Waals surface area (Å²) in [7, 11) is 1.74. The Morgan fingerprint density at radius 2 is 2.24 bits per heavy atom. The fraction of sp³-hybridized carbons (Fsp3) is 0.316.